The molecule has 1 aromatic carbocycles. The van der Waals surface area contributed by atoms with E-state index in [0.717, 1.165) is 10.6 Å². The smallest absolute Gasteiger partial charge is 0.0699 e. The lowest BCUT2D eigenvalue weighted by Gasteiger charge is -2.18. The van der Waals surface area contributed by atoms with Crippen LogP contribution in [0.3, 0.4) is 0 Å². The molecule has 1 heterocycles. The lowest BCUT2D eigenvalue weighted by Crippen LogP contribution is -2.03. The molecule has 1 aromatic rings. The van der Waals surface area contributed by atoms with Gasteiger partial charge in [0.05, 0.1) is 4.58 Å². The molecule has 0 atom stereocenters. The van der Waals surface area contributed by atoms with Crippen LogP contribution in [0.5, 0.6) is 0 Å². The standard InChI is InChI=1S/C15H19ClS2/c1-11(2)12-4-6-13(7-5-12)14(16)10-15-17-8-3-9-18-15/h4-7,10-11,15H,3,8-9H2,1-2H3/b14-10-. The Morgan fingerprint density at radius 3 is 2.39 bits per heavy atom. The molecule has 0 radical (unpaired) electrons. The molecule has 98 valence electrons. The van der Waals surface area contributed by atoms with Crippen molar-refractivity contribution < 1.29 is 0 Å². The molecule has 0 bridgehead atoms. The summed E-state index contributed by atoms with van der Waals surface area (Å²) in [5.41, 5.74) is 2.50. The van der Waals surface area contributed by atoms with E-state index in [2.05, 4.69) is 44.2 Å². The molecule has 1 fully saturated rings. The Morgan fingerprint density at radius 2 is 1.83 bits per heavy atom. The first kappa shape index (κ1) is 14.4. The third-order valence-electron chi connectivity index (χ3n) is 2.99. The van der Waals surface area contributed by atoms with Gasteiger partial charge in [-0.15, -0.1) is 23.5 Å². The zero-order valence-electron chi connectivity index (χ0n) is 10.9. The predicted octanol–water partition coefficient (Wildman–Crippen LogP) is 5.59. The van der Waals surface area contributed by atoms with E-state index < -0.39 is 0 Å². The minimum atomic E-state index is 0.524. The van der Waals surface area contributed by atoms with Crippen LogP contribution in [0.15, 0.2) is 30.3 Å². The van der Waals surface area contributed by atoms with Gasteiger partial charge in [0.25, 0.3) is 0 Å². The van der Waals surface area contributed by atoms with Crippen molar-refractivity contribution in [3.05, 3.63) is 41.5 Å². The molecule has 3 heteroatoms. The summed E-state index contributed by atoms with van der Waals surface area (Å²) in [6, 6.07) is 8.62. The normalized spacial score (nSPS) is 18.3. The van der Waals surface area contributed by atoms with Crippen LogP contribution in [0.25, 0.3) is 5.03 Å². The van der Waals surface area contributed by atoms with Gasteiger partial charge in [-0.2, -0.15) is 0 Å². The van der Waals surface area contributed by atoms with Crippen molar-refractivity contribution in [3.63, 3.8) is 0 Å². The Balaban J connectivity index is 2.07. The topological polar surface area (TPSA) is 0 Å². The highest BCUT2D eigenvalue weighted by atomic mass is 35.5. The lowest BCUT2D eigenvalue weighted by molar-refractivity contribution is 0.866. The first-order valence-corrected chi connectivity index (χ1v) is 8.85. The number of thioether (sulfide) groups is 2. The van der Waals surface area contributed by atoms with Crippen LogP contribution in [0, 0.1) is 0 Å². The van der Waals surface area contributed by atoms with E-state index >= 15 is 0 Å². The van der Waals surface area contributed by atoms with Gasteiger partial charge in [0, 0.05) is 5.03 Å². The molecule has 1 aliphatic heterocycles. The number of hydrogen-bond donors (Lipinski definition) is 0. The maximum absolute atomic E-state index is 6.41. The lowest BCUT2D eigenvalue weighted by atomic mass is 10.0. The van der Waals surface area contributed by atoms with Gasteiger partial charge in [0.2, 0.25) is 0 Å². The van der Waals surface area contributed by atoms with Crippen LogP contribution in [-0.2, 0) is 0 Å². The molecule has 1 saturated heterocycles. The average Bonchev–Trinajstić information content (AvgIpc) is 2.40. The van der Waals surface area contributed by atoms with Crippen molar-refractivity contribution in [2.45, 2.75) is 30.8 Å². The molecular weight excluding hydrogens is 280 g/mol. The number of hydrogen-bond acceptors (Lipinski definition) is 2. The van der Waals surface area contributed by atoms with Crippen molar-refractivity contribution >= 4 is 40.2 Å². The Kier molecular flexibility index (Phi) is 5.53. The summed E-state index contributed by atoms with van der Waals surface area (Å²) < 4.78 is 0.524. The second kappa shape index (κ2) is 6.93. The highest BCUT2D eigenvalue weighted by Gasteiger charge is 2.13. The zero-order chi connectivity index (χ0) is 13.0. The molecule has 0 N–H and O–H groups in total. The Hall–Kier alpha value is -0.0500. The zero-order valence-corrected chi connectivity index (χ0v) is 13.2. The number of rotatable bonds is 3. The third kappa shape index (κ3) is 3.97. The van der Waals surface area contributed by atoms with E-state index in [-0.39, 0.29) is 0 Å². The van der Waals surface area contributed by atoms with Crippen LogP contribution in [0.2, 0.25) is 0 Å². The third-order valence-corrected chi connectivity index (χ3v) is 6.13. The van der Waals surface area contributed by atoms with Crippen LogP contribution in [-0.4, -0.2) is 16.1 Å². The molecule has 0 aromatic heterocycles. The first-order valence-electron chi connectivity index (χ1n) is 6.37. The van der Waals surface area contributed by atoms with Gasteiger partial charge in [0.1, 0.15) is 0 Å². The number of halogens is 1. The van der Waals surface area contributed by atoms with Crippen molar-refractivity contribution in [2.75, 3.05) is 11.5 Å². The van der Waals surface area contributed by atoms with E-state index in [0.29, 0.717) is 10.5 Å². The monoisotopic (exact) mass is 298 g/mol. The second-order valence-electron chi connectivity index (χ2n) is 4.75. The summed E-state index contributed by atoms with van der Waals surface area (Å²) in [5, 5.41) is 0.886. The van der Waals surface area contributed by atoms with Gasteiger partial charge in [-0.3, -0.25) is 0 Å². The number of benzene rings is 1. The van der Waals surface area contributed by atoms with Gasteiger partial charge in [0.15, 0.2) is 0 Å². The van der Waals surface area contributed by atoms with Crippen molar-refractivity contribution in [2.24, 2.45) is 0 Å². The van der Waals surface area contributed by atoms with Gasteiger partial charge in [-0.1, -0.05) is 49.7 Å². The van der Waals surface area contributed by atoms with Crippen LogP contribution < -0.4 is 0 Å². The maximum atomic E-state index is 6.41. The fraction of sp³-hybridized carbons (Fsp3) is 0.467. The molecule has 0 nitrogen and oxygen atoms in total. The van der Waals surface area contributed by atoms with E-state index in [1.165, 1.54) is 23.5 Å². The van der Waals surface area contributed by atoms with E-state index in [9.17, 15) is 0 Å². The SMILES string of the molecule is CC(C)c1ccc(/C(Cl)=C/C2SCCCS2)cc1. The average molecular weight is 299 g/mol. The molecule has 18 heavy (non-hydrogen) atoms. The summed E-state index contributed by atoms with van der Waals surface area (Å²) >= 11 is 10.4. The summed E-state index contributed by atoms with van der Waals surface area (Å²) in [6.45, 7) is 4.42. The fourth-order valence-corrected chi connectivity index (χ4v) is 4.94. The van der Waals surface area contributed by atoms with Gasteiger partial charge >= 0.3 is 0 Å². The van der Waals surface area contributed by atoms with Crippen molar-refractivity contribution in [1.82, 2.24) is 0 Å². The Bertz CT molecular complexity index is 403. The van der Waals surface area contributed by atoms with E-state index in [1.807, 2.05) is 23.5 Å². The first-order chi connectivity index (χ1) is 8.66. The maximum Gasteiger partial charge on any atom is 0.0699 e. The molecule has 0 saturated carbocycles. The highest BCUT2D eigenvalue weighted by molar-refractivity contribution is 8.17. The minimum absolute atomic E-state index is 0.524. The molecule has 0 unspecified atom stereocenters. The predicted molar refractivity (Wildman–Crippen MR) is 87.7 cm³/mol. The van der Waals surface area contributed by atoms with Crippen molar-refractivity contribution in [3.8, 4) is 0 Å². The largest absolute Gasteiger partial charge is 0.143 e. The molecule has 0 aliphatic carbocycles. The molecule has 1 aliphatic rings. The summed E-state index contributed by atoms with van der Waals surface area (Å²) in [6.07, 6.45) is 3.51. The Labute approximate surface area is 124 Å². The summed E-state index contributed by atoms with van der Waals surface area (Å²) in [4.78, 5) is 0. The molecular formula is C15H19ClS2. The highest BCUT2D eigenvalue weighted by Crippen LogP contribution is 2.34. The van der Waals surface area contributed by atoms with Crippen LogP contribution >= 0.6 is 35.1 Å². The quantitative estimate of drug-likeness (QED) is 0.714. The second-order valence-corrected chi connectivity index (χ2v) is 7.96. The van der Waals surface area contributed by atoms with Crippen LogP contribution in [0.1, 0.15) is 37.3 Å². The van der Waals surface area contributed by atoms with Gasteiger partial charge in [-0.25, -0.2) is 0 Å². The van der Waals surface area contributed by atoms with E-state index in [1.54, 1.807) is 0 Å². The van der Waals surface area contributed by atoms with E-state index in [4.69, 9.17) is 11.6 Å². The van der Waals surface area contributed by atoms with Crippen molar-refractivity contribution in [1.29, 1.82) is 0 Å². The molecule has 0 spiro atoms. The molecule has 0 amide bonds. The van der Waals surface area contributed by atoms with Gasteiger partial charge in [-0.05, 0) is 41.0 Å². The van der Waals surface area contributed by atoms with Gasteiger partial charge < -0.3 is 0 Å². The minimum Gasteiger partial charge on any atom is -0.143 e. The fourth-order valence-electron chi connectivity index (χ4n) is 1.85. The summed E-state index contributed by atoms with van der Waals surface area (Å²) in [5.74, 6) is 3.08. The summed E-state index contributed by atoms with van der Waals surface area (Å²) in [7, 11) is 0. The Morgan fingerprint density at radius 1 is 1.22 bits per heavy atom. The van der Waals surface area contributed by atoms with Crippen LogP contribution in [0.4, 0.5) is 0 Å². The molecule has 2 rings (SSSR count).